The summed E-state index contributed by atoms with van der Waals surface area (Å²) in [5.74, 6) is 3.45. The third-order valence-corrected chi connectivity index (χ3v) is 8.71. The maximum atomic E-state index is 12.9. The van der Waals surface area contributed by atoms with E-state index in [1.807, 2.05) is 9.80 Å². The second-order valence-electron chi connectivity index (χ2n) is 11.7. The van der Waals surface area contributed by atoms with Crippen molar-refractivity contribution in [3.63, 3.8) is 0 Å². The molecule has 1 N–H and O–H groups in total. The first-order chi connectivity index (χ1) is 16.2. The summed E-state index contributed by atoms with van der Waals surface area (Å²) < 4.78 is 39.7. The number of likely N-dealkylation sites (tertiary alicyclic amines) is 2. The SMILES string of the molecule is O=C(N1CC2(CC(Cn3cnc(C(F)(F)F)c3)C2)C1)N1CC2(CC(c3nnc(C4CC4)[nH]3)C2)C1. The van der Waals surface area contributed by atoms with Crippen molar-refractivity contribution in [2.24, 2.45) is 16.7 Å². The van der Waals surface area contributed by atoms with Crippen LogP contribution in [0.4, 0.5) is 18.0 Å². The van der Waals surface area contributed by atoms with Gasteiger partial charge in [-0.25, -0.2) is 9.78 Å². The van der Waals surface area contributed by atoms with Crippen molar-refractivity contribution in [1.29, 1.82) is 0 Å². The van der Waals surface area contributed by atoms with Crippen LogP contribution in [-0.2, 0) is 12.7 Å². The van der Waals surface area contributed by atoms with Crippen LogP contribution in [0.1, 0.15) is 67.7 Å². The first-order valence-corrected chi connectivity index (χ1v) is 12.2. The van der Waals surface area contributed by atoms with Crippen LogP contribution in [0.5, 0.6) is 0 Å². The molecule has 182 valence electrons. The first kappa shape index (κ1) is 20.8. The third-order valence-electron chi connectivity index (χ3n) is 8.71. The van der Waals surface area contributed by atoms with Crippen LogP contribution in [-0.4, -0.2) is 66.7 Å². The molecule has 7 rings (SSSR count). The van der Waals surface area contributed by atoms with Crippen molar-refractivity contribution < 1.29 is 18.0 Å². The van der Waals surface area contributed by atoms with Crippen LogP contribution >= 0.6 is 0 Å². The molecule has 8 nitrogen and oxygen atoms in total. The summed E-state index contributed by atoms with van der Waals surface area (Å²) in [6.45, 7) is 3.77. The Balaban J connectivity index is 0.844. The lowest BCUT2D eigenvalue weighted by Gasteiger charge is -2.63. The average molecular weight is 476 g/mol. The Morgan fingerprint density at radius 2 is 1.56 bits per heavy atom. The summed E-state index contributed by atoms with van der Waals surface area (Å²) >= 11 is 0. The molecule has 0 radical (unpaired) electrons. The molecule has 4 heterocycles. The molecular weight excluding hydrogens is 447 g/mol. The van der Waals surface area contributed by atoms with E-state index in [-0.39, 0.29) is 16.9 Å². The van der Waals surface area contributed by atoms with Gasteiger partial charge >= 0.3 is 12.2 Å². The zero-order valence-electron chi connectivity index (χ0n) is 18.9. The lowest BCUT2D eigenvalue weighted by molar-refractivity contribution is -0.141. The van der Waals surface area contributed by atoms with Gasteiger partial charge in [-0.05, 0) is 44.4 Å². The highest BCUT2D eigenvalue weighted by atomic mass is 19.4. The fourth-order valence-electron chi connectivity index (χ4n) is 6.90. The molecule has 3 aliphatic carbocycles. The van der Waals surface area contributed by atoms with Crippen molar-refractivity contribution in [2.75, 3.05) is 26.2 Å². The van der Waals surface area contributed by atoms with Crippen LogP contribution in [0.15, 0.2) is 12.5 Å². The van der Waals surface area contributed by atoms with Gasteiger partial charge in [-0.3, -0.25) is 0 Å². The van der Waals surface area contributed by atoms with Gasteiger partial charge in [0.1, 0.15) is 11.6 Å². The zero-order valence-corrected chi connectivity index (χ0v) is 18.9. The van der Waals surface area contributed by atoms with E-state index in [1.54, 1.807) is 4.57 Å². The predicted molar refractivity (Wildman–Crippen MR) is 114 cm³/mol. The molecule has 5 aliphatic rings. The average Bonchev–Trinajstić information content (AvgIpc) is 3.19. The van der Waals surface area contributed by atoms with Crippen LogP contribution in [0.3, 0.4) is 0 Å². The van der Waals surface area contributed by atoms with Crippen molar-refractivity contribution in [3.8, 4) is 0 Å². The highest BCUT2D eigenvalue weighted by molar-refractivity contribution is 5.77. The van der Waals surface area contributed by atoms with Gasteiger partial charge in [0.25, 0.3) is 0 Å². The van der Waals surface area contributed by atoms with Gasteiger partial charge in [0.05, 0.1) is 6.33 Å². The number of nitrogens with zero attached hydrogens (tertiary/aromatic N) is 6. The summed E-state index contributed by atoms with van der Waals surface area (Å²) in [7, 11) is 0. The molecule has 2 spiro atoms. The van der Waals surface area contributed by atoms with E-state index in [0.717, 1.165) is 69.7 Å². The molecule has 0 unspecified atom stereocenters. The minimum absolute atomic E-state index is 0.142. The number of rotatable bonds is 4. The lowest BCUT2D eigenvalue weighted by atomic mass is 9.57. The van der Waals surface area contributed by atoms with Gasteiger partial charge in [0, 0.05) is 61.6 Å². The monoisotopic (exact) mass is 475 g/mol. The molecule has 0 atom stereocenters. The van der Waals surface area contributed by atoms with Gasteiger partial charge in [-0.15, -0.1) is 10.2 Å². The van der Waals surface area contributed by atoms with E-state index in [0.29, 0.717) is 24.3 Å². The molecule has 0 aromatic carbocycles. The summed E-state index contributed by atoms with van der Waals surface area (Å²) in [5, 5.41) is 8.65. The number of amides is 2. The number of urea groups is 1. The fraction of sp³-hybridized carbons (Fsp3) is 0.739. The molecule has 2 aromatic rings. The number of halogens is 3. The van der Waals surface area contributed by atoms with Crippen LogP contribution < -0.4 is 0 Å². The molecule has 2 aromatic heterocycles. The minimum atomic E-state index is -4.40. The standard InChI is InChI=1S/C23H28F3N7O/c24-23(25,26)17-8-31(13-27-17)7-14-3-21(4-14)9-32(10-21)20(34)33-11-22(12-33)5-16(6-22)19-28-18(29-30-19)15-1-2-15/h8,13-16H,1-7,9-12H2,(H,28,29,30). The summed E-state index contributed by atoms with van der Waals surface area (Å²) in [4.78, 5) is 23.7. The van der Waals surface area contributed by atoms with Crippen molar-refractivity contribution in [1.82, 2.24) is 34.5 Å². The quantitative estimate of drug-likeness (QED) is 0.733. The molecule has 3 saturated carbocycles. The van der Waals surface area contributed by atoms with E-state index in [4.69, 9.17) is 0 Å². The Hall–Kier alpha value is -2.59. The number of nitrogens with one attached hydrogen (secondary N) is 1. The van der Waals surface area contributed by atoms with Gasteiger partial charge in [-0.1, -0.05) is 0 Å². The third kappa shape index (κ3) is 3.33. The topological polar surface area (TPSA) is 82.9 Å². The Morgan fingerprint density at radius 1 is 0.971 bits per heavy atom. The number of hydrogen-bond acceptors (Lipinski definition) is 4. The maximum absolute atomic E-state index is 12.9. The van der Waals surface area contributed by atoms with Crippen LogP contribution in [0, 0.1) is 16.7 Å². The number of hydrogen-bond donors (Lipinski definition) is 1. The number of H-pyrrole nitrogens is 1. The van der Waals surface area contributed by atoms with Gasteiger partial charge in [-0.2, -0.15) is 13.2 Å². The molecular formula is C23H28F3N7O. The van der Waals surface area contributed by atoms with Crippen molar-refractivity contribution >= 4 is 6.03 Å². The molecule has 0 bridgehead atoms. The van der Waals surface area contributed by atoms with E-state index in [9.17, 15) is 18.0 Å². The van der Waals surface area contributed by atoms with Gasteiger partial charge in [0.15, 0.2) is 5.69 Å². The molecule has 11 heteroatoms. The van der Waals surface area contributed by atoms with E-state index < -0.39 is 11.9 Å². The van der Waals surface area contributed by atoms with Crippen LogP contribution in [0.2, 0.25) is 0 Å². The number of carbonyl (C=O) groups is 1. The fourth-order valence-corrected chi connectivity index (χ4v) is 6.90. The summed E-state index contributed by atoms with van der Waals surface area (Å²) in [6, 6.07) is 0.142. The molecule has 2 amide bonds. The number of imidazole rings is 1. The number of aromatic amines is 1. The number of alkyl halides is 3. The Morgan fingerprint density at radius 3 is 2.12 bits per heavy atom. The lowest BCUT2D eigenvalue weighted by Crippen LogP contribution is -2.71. The van der Waals surface area contributed by atoms with Crippen molar-refractivity contribution in [3.05, 3.63) is 29.9 Å². The number of aromatic nitrogens is 5. The molecule has 2 aliphatic heterocycles. The molecule has 2 saturated heterocycles. The summed E-state index contributed by atoms with van der Waals surface area (Å²) in [5.41, 5.74) is -0.406. The number of carbonyl (C=O) groups excluding carboxylic acids is 1. The van der Waals surface area contributed by atoms with Crippen LogP contribution in [0.25, 0.3) is 0 Å². The second-order valence-corrected chi connectivity index (χ2v) is 11.7. The zero-order chi connectivity index (χ0) is 23.3. The van der Waals surface area contributed by atoms with Gasteiger partial charge < -0.3 is 19.4 Å². The minimum Gasteiger partial charge on any atom is -0.337 e. The smallest absolute Gasteiger partial charge is 0.337 e. The molecule has 5 fully saturated rings. The second kappa shape index (κ2) is 6.75. The predicted octanol–water partition coefficient (Wildman–Crippen LogP) is 3.61. The molecule has 34 heavy (non-hydrogen) atoms. The summed E-state index contributed by atoms with van der Waals surface area (Å²) in [6.07, 6.45) is 4.46. The largest absolute Gasteiger partial charge is 0.434 e. The Labute approximate surface area is 194 Å². The Bertz CT molecular complexity index is 1110. The van der Waals surface area contributed by atoms with E-state index >= 15 is 0 Å². The highest BCUT2D eigenvalue weighted by Gasteiger charge is 2.58. The van der Waals surface area contributed by atoms with Crippen molar-refractivity contribution in [2.45, 2.75) is 63.1 Å². The first-order valence-electron chi connectivity index (χ1n) is 12.2. The van der Waals surface area contributed by atoms with E-state index in [1.165, 1.54) is 19.2 Å². The maximum Gasteiger partial charge on any atom is 0.434 e. The highest BCUT2D eigenvalue weighted by Crippen LogP contribution is 2.57. The normalized spacial score (nSPS) is 25.7. The Kier molecular flexibility index (Phi) is 4.12. The van der Waals surface area contributed by atoms with E-state index in [2.05, 4.69) is 20.2 Å². The van der Waals surface area contributed by atoms with Gasteiger partial charge in [0.2, 0.25) is 0 Å².